The van der Waals surface area contributed by atoms with Crippen LogP contribution in [0.3, 0.4) is 0 Å². The Hall–Kier alpha value is 0.160. The largest absolute Gasteiger partial charge is 1.00 e. The number of aliphatic hydroxyl groups excluding tert-OH is 2. The minimum absolute atomic E-state index is 0. The second-order valence-corrected chi connectivity index (χ2v) is 5.88. The Morgan fingerprint density at radius 3 is 1.72 bits per heavy atom. The van der Waals surface area contributed by atoms with E-state index in [9.17, 15) is 4.79 Å². The van der Waals surface area contributed by atoms with Gasteiger partial charge >= 0.3 is 35.5 Å². The van der Waals surface area contributed by atoms with Crippen LogP contribution in [0.4, 0.5) is 0 Å². The first-order valence-electron chi connectivity index (χ1n) is 6.88. The van der Waals surface area contributed by atoms with Crippen LogP contribution in [0.25, 0.3) is 0 Å². The molecule has 0 rings (SSSR count). The zero-order valence-corrected chi connectivity index (χ0v) is 18.2. The quantitative estimate of drug-likeness (QED) is 0.155. The van der Waals surface area contributed by atoms with Gasteiger partial charge in [-0.15, -0.1) is 0 Å². The Balaban J connectivity index is -0.000000154. The van der Waals surface area contributed by atoms with Crippen LogP contribution in [0, 0.1) is 0 Å². The number of aliphatic carboxylic acids is 1. The van der Waals surface area contributed by atoms with E-state index in [1.807, 2.05) is 6.92 Å². The first-order chi connectivity index (χ1) is 10.7. The predicted octanol–water partition coefficient (Wildman–Crippen LogP) is -3.74. The number of carboxylic acid groups (broad SMARTS) is 1. The van der Waals surface area contributed by atoms with Crippen LogP contribution in [0.15, 0.2) is 12.2 Å². The van der Waals surface area contributed by atoms with Crippen molar-refractivity contribution in [2.24, 2.45) is 0 Å². The average Bonchev–Trinajstić information content (AvgIpc) is 2.41. The van der Waals surface area contributed by atoms with Crippen LogP contribution in [-0.2, 0) is 18.8 Å². The summed E-state index contributed by atoms with van der Waals surface area (Å²) in [6.45, 7) is 10.7. The smallest absolute Gasteiger partial charge is 0.756 e. The standard InChI is InChI=1S/C9H20O4.C4H6O2.Na.H3O4P/c1-7(11)5-12-9(3)6-13-8(2)4-10;1-3(2)4(5)6;;1-5(2,3)4/h7-11H,4-6H2,1-3H3;1H2,2H3,(H,5,6);;(H3,1,2,3,4)/q;;+1;/p-1. The molecule has 0 aliphatic carbocycles. The number of rotatable bonds is 8. The molecule has 0 aliphatic rings. The van der Waals surface area contributed by atoms with Gasteiger partial charge in [0.25, 0.3) is 7.82 Å². The average molecular weight is 398 g/mol. The molecule has 10 nitrogen and oxygen atoms in total. The second-order valence-electron chi connectivity index (χ2n) is 4.90. The monoisotopic (exact) mass is 398 g/mol. The van der Waals surface area contributed by atoms with Crippen molar-refractivity contribution in [3.05, 3.63) is 12.2 Å². The fraction of sp³-hybridized carbons (Fsp3) is 0.769. The Morgan fingerprint density at radius 2 is 1.48 bits per heavy atom. The van der Waals surface area contributed by atoms with Gasteiger partial charge in [-0.25, -0.2) is 4.79 Å². The summed E-state index contributed by atoms with van der Waals surface area (Å²) in [6.07, 6.45) is -0.654. The Kier molecular flexibility index (Phi) is 24.8. The third-order valence-corrected chi connectivity index (χ3v) is 1.86. The van der Waals surface area contributed by atoms with E-state index in [4.69, 9.17) is 44.0 Å². The SMILES string of the molecule is C=C(C)C(=O)O.CC(O)COC(C)COC(C)CO.O=P([O-])(O)O.[Na+]. The van der Waals surface area contributed by atoms with Gasteiger partial charge in [-0.2, -0.15) is 0 Å². The Bertz CT molecular complexity index is 365. The van der Waals surface area contributed by atoms with Gasteiger partial charge in [0.15, 0.2) is 0 Å². The molecule has 0 saturated heterocycles. The number of aliphatic hydroxyl groups is 2. The van der Waals surface area contributed by atoms with Crippen molar-refractivity contribution in [2.45, 2.75) is 46.0 Å². The van der Waals surface area contributed by atoms with Crippen molar-refractivity contribution in [3.63, 3.8) is 0 Å². The summed E-state index contributed by atoms with van der Waals surface area (Å²) in [4.78, 5) is 32.5. The molecule has 3 atom stereocenters. The molecule has 0 aromatic heterocycles. The van der Waals surface area contributed by atoms with Crippen molar-refractivity contribution in [3.8, 4) is 0 Å². The summed E-state index contributed by atoms with van der Waals surface area (Å²) in [5.74, 6) is -0.935. The summed E-state index contributed by atoms with van der Waals surface area (Å²) in [5.41, 5.74) is 0.176. The number of hydrogen-bond donors (Lipinski definition) is 5. The van der Waals surface area contributed by atoms with Gasteiger partial charge in [-0.1, -0.05) is 6.58 Å². The molecule has 0 amide bonds. The maximum atomic E-state index is 9.60. The third kappa shape index (κ3) is 45.4. The molecule has 146 valence electrons. The van der Waals surface area contributed by atoms with Crippen LogP contribution < -0.4 is 34.5 Å². The molecule has 5 N–H and O–H groups in total. The topological polar surface area (TPSA) is 177 Å². The molecule has 25 heavy (non-hydrogen) atoms. The predicted molar refractivity (Wildman–Crippen MR) is 84.1 cm³/mol. The van der Waals surface area contributed by atoms with Gasteiger partial charge in [0.05, 0.1) is 38.1 Å². The van der Waals surface area contributed by atoms with Crippen molar-refractivity contribution >= 4 is 13.8 Å². The molecular formula is C13H28NaO10P. The summed E-state index contributed by atoms with van der Waals surface area (Å²) < 4.78 is 19.2. The van der Waals surface area contributed by atoms with Crippen LogP contribution in [0.1, 0.15) is 27.7 Å². The van der Waals surface area contributed by atoms with Gasteiger partial charge in [-0.05, 0) is 27.7 Å². The molecule has 12 heteroatoms. The normalized spacial score (nSPS) is 13.6. The van der Waals surface area contributed by atoms with Crippen LogP contribution in [0.2, 0.25) is 0 Å². The van der Waals surface area contributed by atoms with E-state index in [0.717, 1.165) is 0 Å². The van der Waals surface area contributed by atoms with Gasteiger partial charge < -0.3 is 39.5 Å². The van der Waals surface area contributed by atoms with Crippen molar-refractivity contribution in [2.75, 3.05) is 19.8 Å². The number of hydrogen-bond acceptors (Lipinski definition) is 7. The van der Waals surface area contributed by atoms with Gasteiger partial charge in [-0.3, -0.25) is 4.57 Å². The number of phosphoric acid groups is 1. The minimum atomic E-state index is -4.89. The molecule has 0 heterocycles. The molecule has 0 fully saturated rings. The van der Waals surface area contributed by atoms with Gasteiger partial charge in [0.1, 0.15) is 0 Å². The molecule has 0 bridgehead atoms. The number of carboxylic acids is 1. The van der Waals surface area contributed by atoms with Crippen molar-refractivity contribution < 1.29 is 78.4 Å². The minimum Gasteiger partial charge on any atom is -0.756 e. The molecule has 0 aromatic carbocycles. The maximum Gasteiger partial charge on any atom is 1.00 e. The van der Waals surface area contributed by atoms with E-state index in [1.54, 1.807) is 13.8 Å². The second kappa shape index (κ2) is 18.9. The third-order valence-electron chi connectivity index (χ3n) is 1.86. The fourth-order valence-electron chi connectivity index (χ4n) is 0.704. The Morgan fingerprint density at radius 1 is 1.16 bits per heavy atom. The van der Waals surface area contributed by atoms with Crippen LogP contribution in [0.5, 0.6) is 0 Å². The van der Waals surface area contributed by atoms with Gasteiger partial charge in [0, 0.05) is 5.57 Å². The van der Waals surface area contributed by atoms with Crippen LogP contribution >= 0.6 is 7.82 Å². The molecule has 3 unspecified atom stereocenters. The first-order valence-corrected chi connectivity index (χ1v) is 8.41. The van der Waals surface area contributed by atoms with Gasteiger partial charge in [0.2, 0.25) is 0 Å². The molecule has 0 spiro atoms. The van der Waals surface area contributed by atoms with E-state index in [1.165, 1.54) is 6.92 Å². The summed E-state index contributed by atoms with van der Waals surface area (Å²) in [5, 5.41) is 25.5. The summed E-state index contributed by atoms with van der Waals surface area (Å²) in [6, 6.07) is 0. The van der Waals surface area contributed by atoms with E-state index in [-0.39, 0.29) is 53.9 Å². The zero-order chi connectivity index (χ0) is 19.9. The Labute approximate surface area is 170 Å². The molecular weight excluding hydrogens is 370 g/mol. The molecule has 0 aromatic rings. The molecule has 0 saturated carbocycles. The van der Waals surface area contributed by atoms with E-state index >= 15 is 0 Å². The van der Waals surface area contributed by atoms with E-state index in [0.29, 0.717) is 13.2 Å². The van der Waals surface area contributed by atoms with Crippen LogP contribution in [-0.4, -0.2) is 69.2 Å². The van der Waals surface area contributed by atoms with Crippen molar-refractivity contribution in [1.82, 2.24) is 0 Å². The van der Waals surface area contributed by atoms with Crippen molar-refractivity contribution in [1.29, 1.82) is 0 Å². The molecule has 0 radical (unpaired) electrons. The summed E-state index contributed by atoms with van der Waals surface area (Å²) >= 11 is 0. The number of ether oxygens (including phenoxy) is 2. The van der Waals surface area contributed by atoms with E-state index in [2.05, 4.69) is 6.58 Å². The fourth-order valence-corrected chi connectivity index (χ4v) is 0.704. The summed E-state index contributed by atoms with van der Waals surface area (Å²) in [7, 11) is -4.89. The maximum absolute atomic E-state index is 9.60. The zero-order valence-electron chi connectivity index (χ0n) is 15.3. The molecule has 0 aliphatic heterocycles. The number of carbonyl (C=O) groups is 1. The first kappa shape index (κ1) is 32.8. The van der Waals surface area contributed by atoms with E-state index < -0.39 is 19.9 Å².